The standard InChI is InChI=1S/C30H26N4O2/c35-20-23-16-29(33-31-18-23)27-11-9-25(10-12-27)28-8-4-5-22(15-28)13-14-36-21-24-17-30(34-32-19-24)26-6-2-1-3-7-26/h1-12,15-19,35H,13-14,20-21H2. The molecule has 6 nitrogen and oxygen atoms in total. The minimum absolute atomic E-state index is 0.0503. The van der Waals surface area contributed by atoms with Gasteiger partial charge in [-0.25, -0.2) is 0 Å². The summed E-state index contributed by atoms with van der Waals surface area (Å²) in [6, 6.07) is 30.6. The molecule has 3 aromatic carbocycles. The maximum Gasteiger partial charge on any atom is 0.0933 e. The predicted octanol–water partition coefficient (Wildman–Crippen LogP) is 5.52. The zero-order valence-electron chi connectivity index (χ0n) is 19.8. The summed E-state index contributed by atoms with van der Waals surface area (Å²) < 4.78 is 5.95. The van der Waals surface area contributed by atoms with Crippen LogP contribution in [0.5, 0.6) is 0 Å². The van der Waals surface area contributed by atoms with E-state index in [1.165, 1.54) is 5.56 Å². The van der Waals surface area contributed by atoms with E-state index in [0.29, 0.717) is 13.2 Å². The molecule has 0 spiro atoms. The lowest BCUT2D eigenvalue weighted by atomic mass is 10.00. The number of aromatic nitrogens is 4. The molecule has 0 amide bonds. The number of aliphatic hydroxyl groups excluding tert-OH is 1. The maximum absolute atomic E-state index is 9.34. The van der Waals surface area contributed by atoms with Gasteiger partial charge in [0, 0.05) is 16.7 Å². The first-order chi connectivity index (χ1) is 17.8. The first-order valence-corrected chi connectivity index (χ1v) is 11.9. The van der Waals surface area contributed by atoms with Crippen LogP contribution >= 0.6 is 0 Å². The van der Waals surface area contributed by atoms with E-state index in [-0.39, 0.29) is 6.61 Å². The predicted molar refractivity (Wildman–Crippen MR) is 140 cm³/mol. The highest BCUT2D eigenvalue weighted by Gasteiger charge is 2.05. The molecule has 2 aromatic heterocycles. The molecule has 0 saturated heterocycles. The molecule has 6 heteroatoms. The van der Waals surface area contributed by atoms with Crippen molar-refractivity contribution in [2.75, 3.05) is 6.61 Å². The normalized spacial score (nSPS) is 10.9. The van der Waals surface area contributed by atoms with Gasteiger partial charge < -0.3 is 9.84 Å². The Balaban J connectivity index is 1.18. The van der Waals surface area contributed by atoms with Crippen molar-refractivity contribution in [2.24, 2.45) is 0 Å². The molecule has 36 heavy (non-hydrogen) atoms. The third-order valence-corrected chi connectivity index (χ3v) is 5.92. The van der Waals surface area contributed by atoms with Crippen LogP contribution in [0.3, 0.4) is 0 Å². The van der Waals surface area contributed by atoms with Gasteiger partial charge in [0.2, 0.25) is 0 Å². The third-order valence-electron chi connectivity index (χ3n) is 5.92. The van der Waals surface area contributed by atoms with Crippen LogP contribution in [0.25, 0.3) is 33.6 Å². The van der Waals surface area contributed by atoms with Crippen molar-refractivity contribution in [1.82, 2.24) is 20.4 Å². The first kappa shape index (κ1) is 23.5. The van der Waals surface area contributed by atoms with Crippen LogP contribution in [-0.2, 0) is 24.4 Å². The number of hydrogen-bond acceptors (Lipinski definition) is 6. The van der Waals surface area contributed by atoms with Gasteiger partial charge in [0.1, 0.15) is 0 Å². The summed E-state index contributed by atoms with van der Waals surface area (Å²) in [6.07, 6.45) is 4.14. The number of aliphatic hydroxyl groups is 1. The average Bonchev–Trinajstić information content (AvgIpc) is 2.96. The van der Waals surface area contributed by atoms with E-state index in [9.17, 15) is 5.11 Å². The van der Waals surface area contributed by atoms with Crippen LogP contribution in [-0.4, -0.2) is 32.1 Å². The Morgan fingerprint density at radius 2 is 1.22 bits per heavy atom. The van der Waals surface area contributed by atoms with Gasteiger partial charge in [0.15, 0.2) is 0 Å². The van der Waals surface area contributed by atoms with Crippen LogP contribution < -0.4 is 0 Å². The molecule has 5 rings (SSSR count). The Labute approximate surface area is 210 Å². The number of benzene rings is 3. The highest BCUT2D eigenvalue weighted by molar-refractivity contribution is 5.69. The second kappa shape index (κ2) is 11.4. The van der Waals surface area contributed by atoms with Gasteiger partial charge in [-0.2, -0.15) is 20.4 Å². The fourth-order valence-electron chi connectivity index (χ4n) is 3.99. The Bertz CT molecular complexity index is 1420. The summed E-state index contributed by atoms with van der Waals surface area (Å²) in [5.74, 6) is 0. The van der Waals surface area contributed by atoms with E-state index >= 15 is 0 Å². The lowest BCUT2D eigenvalue weighted by molar-refractivity contribution is 0.123. The van der Waals surface area contributed by atoms with E-state index < -0.39 is 0 Å². The topological polar surface area (TPSA) is 81.0 Å². The summed E-state index contributed by atoms with van der Waals surface area (Å²) >= 11 is 0. The van der Waals surface area contributed by atoms with Crippen molar-refractivity contribution in [3.8, 4) is 33.6 Å². The Kier molecular flexibility index (Phi) is 7.46. The van der Waals surface area contributed by atoms with Crippen LogP contribution in [0.4, 0.5) is 0 Å². The molecule has 178 valence electrons. The quantitative estimate of drug-likeness (QED) is 0.283. The van der Waals surface area contributed by atoms with Crippen LogP contribution in [0.2, 0.25) is 0 Å². The van der Waals surface area contributed by atoms with Gasteiger partial charge in [0.05, 0.1) is 43.6 Å². The SMILES string of the molecule is OCc1cnnc(-c2ccc(-c3cccc(CCOCc4cnnc(-c5ccccc5)c4)c3)cc2)c1. The van der Waals surface area contributed by atoms with Gasteiger partial charge in [-0.15, -0.1) is 0 Å². The van der Waals surface area contributed by atoms with Gasteiger partial charge in [-0.3, -0.25) is 0 Å². The van der Waals surface area contributed by atoms with Crippen LogP contribution in [0, 0.1) is 0 Å². The van der Waals surface area contributed by atoms with Crippen molar-refractivity contribution in [1.29, 1.82) is 0 Å². The largest absolute Gasteiger partial charge is 0.392 e. The molecule has 0 radical (unpaired) electrons. The van der Waals surface area contributed by atoms with Gasteiger partial charge in [-0.05, 0) is 40.8 Å². The van der Waals surface area contributed by atoms with E-state index in [1.807, 2.05) is 54.6 Å². The summed E-state index contributed by atoms with van der Waals surface area (Å²) in [7, 11) is 0. The van der Waals surface area contributed by atoms with Gasteiger partial charge in [0.25, 0.3) is 0 Å². The van der Waals surface area contributed by atoms with E-state index in [1.54, 1.807) is 12.4 Å². The maximum atomic E-state index is 9.34. The highest BCUT2D eigenvalue weighted by atomic mass is 16.5. The molecule has 0 fully saturated rings. The van der Waals surface area contributed by atoms with E-state index in [4.69, 9.17) is 4.74 Å². The van der Waals surface area contributed by atoms with Crippen molar-refractivity contribution in [2.45, 2.75) is 19.6 Å². The number of rotatable bonds is 9. The Hall–Kier alpha value is -4.26. The smallest absolute Gasteiger partial charge is 0.0933 e. The lowest BCUT2D eigenvalue weighted by Gasteiger charge is -2.08. The molecular formula is C30H26N4O2. The van der Waals surface area contributed by atoms with Crippen LogP contribution in [0.1, 0.15) is 16.7 Å². The summed E-state index contributed by atoms with van der Waals surface area (Å²) in [5, 5.41) is 25.8. The third kappa shape index (κ3) is 5.86. The molecule has 0 aliphatic carbocycles. The second-order valence-electron chi connectivity index (χ2n) is 8.50. The van der Waals surface area contributed by atoms with Crippen molar-refractivity contribution in [3.05, 3.63) is 120 Å². The molecule has 0 saturated carbocycles. The molecule has 1 N–H and O–H groups in total. The Morgan fingerprint density at radius 1 is 0.583 bits per heavy atom. The molecule has 0 aliphatic heterocycles. The molecular weight excluding hydrogens is 448 g/mol. The minimum Gasteiger partial charge on any atom is -0.392 e. The van der Waals surface area contributed by atoms with E-state index in [0.717, 1.165) is 51.2 Å². The van der Waals surface area contributed by atoms with Crippen LogP contribution in [0.15, 0.2) is 103 Å². The zero-order chi connectivity index (χ0) is 24.6. The summed E-state index contributed by atoms with van der Waals surface area (Å²) in [5.41, 5.74) is 8.86. The number of ether oxygens (including phenoxy) is 1. The highest BCUT2D eigenvalue weighted by Crippen LogP contribution is 2.25. The number of hydrogen-bond donors (Lipinski definition) is 1. The summed E-state index contributed by atoms with van der Waals surface area (Å²) in [4.78, 5) is 0. The first-order valence-electron chi connectivity index (χ1n) is 11.9. The fraction of sp³-hybridized carbons (Fsp3) is 0.133. The summed E-state index contributed by atoms with van der Waals surface area (Å²) in [6.45, 7) is 1.06. The molecule has 0 unspecified atom stereocenters. The molecule has 5 aromatic rings. The zero-order valence-corrected chi connectivity index (χ0v) is 19.8. The van der Waals surface area contributed by atoms with E-state index in [2.05, 4.69) is 56.8 Å². The van der Waals surface area contributed by atoms with Gasteiger partial charge >= 0.3 is 0 Å². The molecule has 0 atom stereocenters. The lowest BCUT2D eigenvalue weighted by Crippen LogP contribution is -2.01. The average molecular weight is 475 g/mol. The fourth-order valence-corrected chi connectivity index (χ4v) is 3.99. The minimum atomic E-state index is -0.0503. The molecule has 0 aliphatic rings. The molecule has 2 heterocycles. The number of nitrogens with zero attached hydrogens (tertiary/aromatic N) is 4. The molecule has 0 bridgehead atoms. The van der Waals surface area contributed by atoms with Crippen molar-refractivity contribution in [3.63, 3.8) is 0 Å². The Morgan fingerprint density at radius 3 is 1.97 bits per heavy atom. The second-order valence-corrected chi connectivity index (χ2v) is 8.50. The van der Waals surface area contributed by atoms with Gasteiger partial charge in [-0.1, -0.05) is 78.9 Å². The van der Waals surface area contributed by atoms with Crippen molar-refractivity contribution < 1.29 is 9.84 Å². The monoisotopic (exact) mass is 474 g/mol. The van der Waals surface area contributed by atoms with Crippen molar-refractivity contribution >= 4 is 0 Å².